The van der Waals surface area contributed by atoms with Gasteiger partial charge in [0.1, 0.15) is 10.8 Å². The average Bonchev–Trinajstić information content (AvgIpc) is 2.86. The zero-order chi connectivity index (χ0) is 12.5. The van der Waals surface area contributed by atoms with Crippen molar-refractivity contribution in [1.82, 2.24) is 19.5 Å². The zero-order valence-corrected chi connectivity index (χ0v) is 10.7. The van der Waals surface area contributed by atoms with Gasteiger partial charge < -0.3 is 14.8 Å². The van der Waals surface area contributed by atoms with Crippen molar-refractivity contribution in [3.8, 4) is 0 Å². The first-order valence-electron chi connectivity index (χ1n) is 5.73. The summed E-state index contributed by atoms with van der Waals surface area (Å²) in [6.07, 6.45) is 5.43. The average molecular weight is 265 g/mol. The molecule has 1 aliphatic heterocycles. The van der Waals surface area contributed by atoms with E-state index in [0.717, 1.165) is 24.7 Å². The van der Waals surface area contributed by atoms with E-state index in [-0.39, 0.29) is 0 Å². The number of nitrogens with zero attached hydrogens (tertiary/aromatic N) is 5. The Morgan fingerprint density at radius 2 is 2.22 bits per heavy atom. The third-order valence-corrected chi connectivity index (χ3v) is 3.26. The Bertz CT molecular complexity index is 566. The van der Waals surface area contributed by atoms with E-state index in [1.807, 2.05) is 12.4 Å². The van der Waals surface area contributed by atoms with Crippen LogP contribution in [0.3, 0.4) is 0 Å². The van der Waals surface area contributed by atoms with E-state index in [0.29, 0.717) is 17.5 Å². The lowest BCUT2D eigenvalue weighted by Gasteiger charge is -2.29. The molecule has 3 rings (SSSR count). The standard InChI is InChI=1S/C11H13ClN6/c1-13-11-15-6-8(12)10(16-11)18-5-4-17-3-2-14-9(17)7-18/h2-3,6H,4-5,7H2,1H3,(H,13,15,16). The van der Waals surface area contributed by atoms with Crippen molar-refractivity contribution in [1.29, 1.82) is 0 Å². The molecule has 0 amide bonds. The van der Waals surface area contributed by atoms with E-state index in [2.05, 4.69) is 29.7 Å². The van der Waals surface area contributed by atoms with Gasteiger partial charge in [-0.25, -0.2) is 9.97 Å². The van der Waals surface area contributed by atoms with Crippen molar-refractivity contribution in [2.24, 2.45) is 0 Å². The van der Waals surface area contributed by atoms with Crippen LogP contribution in [0.4, 0.5) is 11.8 Å². The third-order valence-electron chi connectivity index (χ3n) is 2.99. The molecule has 7 heteroatoms. The minimum Gasteiger partial charge on any atom is -0.357 e. The highest BCUT2D eigenvalue weighted by molar-refractivity contribution is 6.32. The number of imidazole rings is 1. The van der Waals surface area contributed by atoms with Gasteiger partial charge in [-0.15, -0.1) is 0 Å². The molecule has 6 nitrogen and oxygen atoms in total. The summed E-state index contributed by atoms with van der Waals surface area (Å²) < 4.78 is 2.14. The Morgan fingerprint density at radius 1 is 1.33 bits per heavy atom. The molecule has 2 aromatic heterocycles. The van der Waals surface area contributed by atoms with Crippen LogP contribution >= 0.6 is 11.6 Å². The summed E-state index contributed by atoms with van der Waals surface area (Å²) >= 11 is 6.17. The number of hydrogen-bond acceptors (Lipinski definition) is 5. The maximum absolute atomic E-state index is 6.17. The van der Waals surface area contributed by atoms with E-state index in [1.54, 1.807) is 13.2 Å². The molecule has 0 aliphatic carbocycles. The molecule has 0 saturated heterocycles. The molecule has 3 heterocycles. The second kappa shape index (κ2) is 4.45. The summed E-state index contributed by atoms with van der Waals surface area (Å²) in [7, 11) is 1.79. The lowest BCUT2D eigenvalue weighted by atomic mass is 10.3. The fourth-order valence-electron chi connectivity index (χ4n) is 2.05. The lowest BCUT2D eigenvalue weighted by Crippen LogP contribution is -2.34. The van der Waals surface area contributed by atoms with Gasteiger partial charge in [-0.1, -0.05) is 11.6 Å². The highest BCUT2D eigenvalue weighted by Crippen LogP contribution is 2.26. The molecular formula is C11H13ClN6. The molecule has 0 aromatic carbocycles. The maximum atomic E-state index is 6.17. The normalized spacial score (nSPS) is 14.4. The van der Waals surface area contributed by atoms with Gasteiger partial charge in [0.05, 0.1) is 12.7 Å². The van der Waals surface area contributed by atoms with Crippen LogP contribution in [0.2, 0.25) is 5.02 Å². The minimum atomic E-state index is 0.564. The van der Waals surface area contributed by atoms with Crippen LogP contribution < -0.4 is 10.2 Å². The topological polar surface area (TPSA) is 58.9 Å². The van der Waals surface area contributed by atoms with Crippen LogP contribution in [0.25, 0.3) is 0 Å². The highest BCUT2D eigenvalue weighted by Gasteiger charge is 2.20. The van der Waals surface area contributed by atoms with E-state index < -0.39 is 0 Å². The smallest absolute Gasteiger partial charge is 0.224 e. The molecule has 2 aromatic rings. The van der Waals surface area contributed by atoms with E-state index in [1.165, 1.54) is 0 Å². The van der Waals surface area contributed by atoms with Crippen LogP contribution in [0, 0.1) is 0 Å². The van der Waals surface area contributed by atoms with Crippen LogP contribution in [-0.2, 0) is 13.1 Å². The second-order valence-corrected chi connectivity index (χ2v) is 4.48. The number of aromatic nitrogens is 4. The van der Waals surface area contributed by atoms with Crippen molar-refractivity contribution in [3.63, 3.8) is 0 Å². The minimum absolute atomic E-state index is 0.564. The predicted octanol–water partition coefficient (Wildman–Crippen LogP) is 1.39. The molecule has 0 bridgehead atoms. The molecule has 0 spiro atoms. The Morgan fingerprint density at radius 3 is 3.06 bits per heavy atom. The van der Waals surface area contributed by atoms with Crippen molar-refractivity contribution < 1.29 is 0 Å². The predicted molar refractivity (Wildman–Crippen MR) is 69.9 cm³/mol. The van der Waals surface area contributed by atoms with Crippen molar-refractivity contribution in [3.05, 3.63) is 29.4 Å². The van der Waals surface area contributed by atoms with Gasteiger partial charge in [0, 0.05) is 32.5 Å². The van der Waals surface area contributed by atoms with Crippen LogP contribution in [-0.4, -0.2) is 33.1 Å². The van der Waals surface area contributed by atoms with E-state index in [9.17, 15) is 0 Å². The molecule has 0 radical (unpaired) electrons. The van der Waals surface area contributed by atoms with Crippen molar-refractivity contribution in [2.45, 2.75) is 13.1 Å². The maximum Gasteiger partial charge on any atom is 0.224 e. The number of hydrogen-bond donors (Lipinski definition) is 1. The molecule has 0 atom stereocenters. The van der Waals surface area contributed by atoms with Crippen LogP contribution in [0.5, 0.6) is 0 Å². The molecule has 0 fully saturated rings. The van der Waals surface area contributed by atoms with Gasteiger partial charge in [0.15, 0.2) is 5.82 Å². The fraction of sp³-hybridized carbons (Fsp3) is 0.364. The van der Waals surface area contributed by atoms with Gasteiger partial charge in [0.25, 0.3) is 0 Å². The highest BCUT2D eigenvalue weighted by atomic mass is 35.5. The molecular weight excluding hydrogens is 252 g/mol. The number of halogens is 1. The first kappa shape index (κ1) is 11.3. The number of anilines is 2. The molecule has 1 N–H and O–H groups in total. The van der Waals surface area contributed by atoms with Gasteiger partial charge >= 0.3 is 0 Å². The molecule has 1 aliphatic rings. The Labute approximate surface area is 110 Å². The summed E-state index contributed by atoms with van der Waals surface area (Å²) in [6, 6.07) is 0. The quantitative estimate of drug-likeness (QED) is 0.888. The second-order valence-electron chi connectivity index (χ2n) is 4.07. The van der Waals surface area contributed by atoms with Crippen LogP contribution in [0.1, 0.15) is 5.82 Å². The zero-order valence-electron chi connectivity index (χ0n) is 9.97. The van der Waals surface area contributed by atoms with Gasteiger partial charge in [0.2, 0.25) is 5.95 Å². The van der Waals surface area contributed by atoms with Crippen molar-refractivity contribution in [2.75, 3.05) is 23.8 Å². The Hall–Kier alpha value is -1.82. The molecule has 18 heavy (non-hydrogen) atoms. The summed E-state index contributed by atoms with van der Waals surface area (Å²) in [5, 5.41) is 3.48. The molecule has 0 saturated carbocycles. The SMILES string of the molecule is CNc1ncc(Cl)c(N2CCn3ccnc3C2)n1. The summed E-state index contributed by atoms with van der Waals surface area (Å²) in [6.45, 7) is 2.47. The monoisotopic (exact) mass is 264 g/mol. The Balaban J connectivity index is 1.92. The van der Waals surface area contributed by atoms with Gasteiger partial charge in [-0.05, 0) is 0 Å². The number of nitrogens with one attached hydrogen (secondary N) is 1. The lowest BCUT2D eigenvalue weighted by molar-refractivity contribution is 0.556. The third kappa shape index (κ3) is 1.88. The van der Waals surface area contributed by atoms with Gasteiger partial charge in [-0.2, -0.15) is 4.98 Å². The largest absolute Gasteiger partial charge is 0.357 e. The van der Waals surface area contributed by atoms with E-state index >= 15 is 0 Å². The number of rotatable bonds is 2. The first-order valence-corrected chi connectivity index (χ1v) is 6.11. The van der Waals surface area contributed by atoms with Gasteiger partial charge in [-0.3, -0.25) is 0 Å². The fourth-order valence-corrected chi connectivity index (χ4v) is 2.27. The molecule has 94 valence electrons. The van der Waals surface area contributed by atoms with Crippen LogP contribution in [0.15, 0.2) is 18.6 Å². The summed E-state index contributed by atoms with van der Waals surface area (Å²) in [5.41, 5.74) is 0. The summed E-state index contributed by atoms with van der Waals surface area (Å²) in [4.78, 5) is 14.9. The summed E-state index contributed by atoms with van der Waals surface area (Å²) in [5.74, 6) is 2.36. The first-order chi connectivity index (χ1) is 8.78. The van der Waals surface area contributed by atoms with Crippen molar-refractivity contribution >= 4 is 23.4 Å². The van der Waals surface area contributed by atoms with E-state index in [4.69, 9.17) is 11.6 Å². The molecule has 0 unspecified atom stereocenters. The number of fused-ring (bicyclic) bond motifs is 1. The Kier molecular flexibility index (Phi) is 2.79.